The van der Waals surface area contributed by atoms with Crippen LogP contribution in [0.25, 0.3) is 0 Å². The molecule has 2 rings (SSSR count). The molecule has 1 aromatic heterocycles. The van der Waals surface area contributed by atoms with E-state index in [-0.39, 0.29) is 6.04 Å². The van der Waals surface area contributed by atoms with Crippen LogP contribution in [0.1, 0.15) is 23.4 Å². The van der Waals surface area contributed by atoms with Gasteiger partial charge in [-0.2, -0.15) is 0 Å². The van der Waals surface area contributed by atoms with E-state index in [1.807, 2.05) is 6.07 Å². The monoisotopic (exact) mass is 344 g/mol. The molecule has 0 aliphatic heterocycles. The molecule has 0 aliphatic carbocycles. The predicted octanol–water partition coefficient (Wildman–Crippen LogP) is 3.16. The van der Waals surface area contributed by atoms with Gasteiger partial charge in [0.25, 0.3) is 0 Å². The van der Waals surface area contributed by atoms with E-state index in [1.54, 1.807) is 43.6 Å². The van der Waals surface area contributed by atoms with Crippen LogP contribution in [0, 0.1) is 0 Å². The Morgan fingerprint density at radius 3 is 2.76 bits per heavy atom. The molecule has 0 fully saturated rings. The summed E-state index contributed by atoms with van der Waals surface area (Å²) in [5.74, 6) is 0. The van der Waals surface area contributed by atoms with Crippen molar-refractivity contribution >= 4 is 33.0 Å². The number of halogens is 1. The average molecular weight is 345 g/mol. The Balaban J connectivity index is 2.23. The third kappa shape index (κ3) is 4.05. The molecule has 1 atom stereocenters. The standard InChI is InChI=1S/C14H17ClN2O2S2/c1-10(11-4-3-5-12(15)8-11)17-21(18,19)14-6-7-20-13(14)9-16-2/h3-8,10,16-17H,9H2,1-2H3. The Bertz CT molecular complexity index is 713. The average Bonchev–Trinajstić information content (AvgIpc) is 2.88. The second kappa shape index (κ2) is 6.89. The summed E-state index contributed by atoms with van der Waals surface area (Å²) >= 11 is 7.37. The number of rotatable bonds is 6. The minimum Gasteiger partial charge on any atom is -0.315 e. The summed E-state index contributed by atoms with van der Waals surface area (Å²) in [6, 6.07) is 8.45. The lowest BCUT2D eigenvalue weighted by Crippen LogP contribution is -2.27. The molecule has 0 saturated heterocycles. The van der Waals surface area contributed by atoms with Crippen molar-refractivity contribution in [3.8, 4) is 0 Å². The van der Waals surface area contributed by atoms with Crippen LogP contribution in [0.15, 0.2) is 40.6 Å². The van der Waals surface area contributed by atoms with Gasteiger partial charge in [0, 0.05) is 22.5 Å². The van der Waals surface area contributed by atoms with E-state index in [1.165, 1.54) is 11.3 Å². The summed E-state index contributed by atoms with van der Waals surface area (Å²) in [4.78, 5) is 1.12. The van der Waals surface area contributed by atoms with E-state index >= 15 is 0 Å². The Kier molecular flexibility index (Phi) is 5.40. The number of hydrogen-bond donors (Lipinski definition) is 2. The molecular weight excluding hydrogens is 328 g/mol. The molecule has 0 spiro atoms. The molecule has 4 nitrogen and oxygen atoms in total. The maximum Gasteiger partial charge on any atom is 0.242 e. The van der Waals surface area contributed by atoms with E-state index in [9.17, 15) is 8.42 Å². The third-order valence-electron chi connectivity index (χ3n) is 3.01. The van der Waals surface area contributed by atoms with Gasteiger partial charge in [-0.05, 0) is 43.1 Å². The van der Waals surface area contributed by atoms with Crippen LogP contribution in [-0.4, -0.2) is 15.5 Å². The van der Waals surface area contributed by atoms with Gasteiger partial charge < -0.3 is 5.32 Å². The molecule has 2 aromatic rings. The van der Waals surface area contributed by atoms with Crippen molar-refractivity contribution < 1.29 is 8.42 Å². The van der Waals surface area contributed by atoms with Crippen molar-refractivity contribution in [2.75, 3.05) is 7.05 Å². The first-order valence-electron chi connectivity index (χ1n) is 6.43. The topological polar surface area (TPSA) is 58.2 Å². The molecule has 0 bridgehead atoms. The summed E-state index contributed by atoms with van der Waals surface area (Å²) in [5, 5.41) is 5.35. The normalized spacial score (nSPS) is 13.3. The van der Waals surface area contributed by atoms with Gasteiger partial charge in [-0.1, -0.05) is 23.7 Å². The molecule has 1 heterocycles. The molecule has 7 heteroatoms. The minimum absolute atomic E-state index is 0.329. The summed E-state index contributed by atoms with van der Waals surface area (Å²) < 4.78 is 27.7. The van der Waals surface area contributed by atoms with Crippen LogP contribution in [0.2, 0.25) is 5.02 Å². The smallest absolute Gasteiger partial charge is 0.242 e. The summed E-state index contributed by atoms with van der Waals surface area (Å²) in [6.07, 6.45) is 0. The number of sulfonamides is 1. The van der Waals surface area contributed by atoms with Crippen molar-refractivity contribution in [1.29, 1.82) is 0 Å². The van der Waals surface area contributed by atoms with Crippen molar-refractivity contribution in [1.82, 2.24) is 10.0 Å². The van der Waals surface area contributed by atoms with E-state index < -0.39 is 10.0 Å². The first-order chi connectivity index (χ1) is 9.94. The molecule has 2 N–H and O–H groups in total. The lowest BCUT2D eigenvalue weighted by Gasteiger charge is -2.15. The van der Waals surface area contributed by atoms with Crippen LogP contribution in [0.5, 0.6) is 0 Å². The van der Waals surface area contributed by atoms with E-state index in [4.69, 9.17) is 11.6 Å². The van der Waals surface area contributed by atoms with Gasteiger partial charge in [-0.15, -0.1) is 11.3 Å². The maximum absolute atomic E-state index is 12.5. The van der Waals surface area contributed by atoms with Crippen LogP contribution in [-0.2, 0) is 16.6 Å². The van der Waals surface area contributed by atoms with Gasteiger partial charge in [0.05, 0.1) is 4.90 Å². The van der Waals surface area contributed by atoms with Crippen LogP contribution >= 0.6 is 22.9 Å². The minimum atomic E-state index is -3.55. The van der Waals surface area contributed by atoms with Gasteiger partial charge in [0.2, 0.25) is 10.0 Å². The van der Waals surface area contributed by atoms with Crippen molar-refractivity contribution in [3.05, 3.63) is 51.2 Å². The summed E-state index contributed by atoms with van der Waals surface area (Å²) in [7, 11) is -1.76. The van der Waals surface area contributed by atoms with Crippen molar-refractivity contribution in [3.63, 3.8) is 0 Å². The maximum atomic E-state index is 12.5. The predicted molar refractivity (Wildman–Crippen MR) is 87.3 cm³/mol. The van der Waals surface area contributed by atoms with E-state index in [0.717, 1.165) is 10.4 Å². The second-order valence-electron chi connectivity index (χ2n) is 4.64. The Morgan fingerprint density at radius 1 is 1.33 bits per heavy atom. The first-order valence-corrected chi connectivity index (χ1v) is 9.17. The second-order valence-corrected chi connectivity index (χ2v) is 7.76. The molecule has 0 saturated carbocycles. The van der Waals surface area contributed by atoms with Gasteiger partial charge in [-0.25, -0.2) is 13.1 Å². The van der Waals surface area contributed by atoms with E-state index in [2.05, 4.69) is 10.0 Å². The quantitative estimate of drug-likeness (QED) is 0.846. The van der Waals surface area contributed by atoms with E-state index in [0.29, 0.717) is 16.5 Å². The summed E-state index contributed by atoms with van der Waals surface area (Å²) in [6.45, 7) is 2.33. The Labute approximate surface area is 134 Å². The van der Waals surface area contributed by atoms with Crippen LogP contribution in [0.3, 0.4) is 0 Å². The highest BCUT2D eigenvalue weighted by atomic mass is 35.5. The Morgan fingerprint density at radius 2 is 2.10 bits per heavy atom. The van der Waals surface area contributed by atoms with Crippen molar-refractivity contribution in [2.45, 2.75) is 24.4 Å². The lowest BCUT2D eigenvalue weighted by molar-refractivity contribution is 0.566. The molecule has 21 heavy (non-hydrogen) atoms. The first kappa shape index (κ1) is 16.5. The fraction of sp³-hybridized carbons (Fsp3) is 0.286. The molecule has 114 valence electrons. The Hall–Kier alpha value is -0.920. The zero-order valence-electron chi connectivity index (χ0n) is 11.8. The zero-order chi connectivity index (χ0) is 15.5. The van der Waals surface area contributed by atoms with Gasteiger partial charge in [0.1, 0.15) is 0 Å². The largest absolute Gasteiger partial charge is 0.315 e. The van der Waals surface area contributed by atoms with Gasteiger partial charge in [-0.3, -0.25) is 0 Å². The fourth-order valence-electron chi connectivity index (χ4n) is 2.00. The van der Waals surface area contributed by atoms with Crippen LogP contribution in [0.4, 0.5) is 0 Å². The lowest BCUT2D eigenvalue weighted by atomic mass is 10.1. The molecule has 1 aromatic carbocycles. The third-order valence-corrected chi connectivity index (χ3v) is 5.92. The molecule has 0 radical (unpaired) electrons. The van der Waals surface area contributed by atoms with Gasteiger partial charge in [0.15, 0.2) is 0 Å². The number of thiophene rings is 1. The fourth-order valence-corrected chi connectivity index (χ4v) is 4.88. The molecule has 0 amide bonds. The highest BCUT2D eigenvalue weighted by molar-refractivity contribution is 7.89. The highest BCUT2D eigenvalue weighted by Gasteiger charge is 2.22. The highest BCUT2D eigenvalue weighted by Crippen LogP contribution is 2.24. The number of nitrogens with one attached hydrogen (secondary N) is 2. The molecule has 0 aliphatic rings. The van der Waals surface area contributed by atoms with Gasteiger partial charge >= 0.3 is 0 Å². The molecular formula is C14H17ClN2O2S2. The van der Waals surface area contributed by atoms with Crippen LogP contribution < -0.4 is 10.0 Å². The SMILES string of the molecule is CNCc1sccc1S(=O)(=O)NC(C)c1cccc(Cl)c1. The number of benzene rings is 1. The number of hydrogen-bond acceptors (Lipinski definition) is 4. The summed E-state index contributed by atoms with van der Waals surface area (Å²) in [5.41, 5.74) is 0.830. The molecule has 1 unspecified atom stereocenters. The van der Waals surface area contributed by atoms with Crippen molar-refractivity contribution in [2.24, 2.45) is 0 Å². The zero-order valence-corrected chi connectivity index (χ0v) is 14.1.